The van der Waals surface area contributed by atoms with E-state index in [4.69, 9.17) is 16.7 Å². The summed E-state index contributed by atoms with van der Waals surface area (Å²) in [5.74, 6) is -0.0369. The number of alkyl halides is 1. The molecule has 0 saturated carbocycles. The minimum atomic E-state index is -0.851. The molecule has 4 aromatic rings. The molecule has 11 heteroatoms. The van der Waals surface area contributed by atoms with Gasteiger partial charge in [-0.05, 0) is 74.9 Å². The Kier molecular flexibility index (Phi) is 7.73. The highest BCUT2D eigenvalue weighted by Crippen LogP contribution is 2.45. The molecule has 0 unspecified atom stereocenters. The van der Waals surface area contributed by atoms with Gasteiger partial charge >= 0.3 is 0 Å². The monoisotopic (exact) mass is 629 g/mol. The summed E-state index contributed by atoms with van der Waals surface area (Å²) >= 11 is 7.08. The lowest BCUT2D eigenvalue weighted by Crippen LogP contribution is -2.38. The average molecular weight is 630 g/mol. The van der Waals surface area contributed by atoms with Gasteiger partial charge in [-0.2, -0.15) is 10.2 Å². The van der Waals surface area contributed by atoms with Crippen molar-refractivity contribution in [2.24, 2.45) is 0 Å². The van der Waals surface area contributed by atoms with Gasteiger partial charge in [-0.15, -0.1) is 0 Å². The molecular formula is C34H37ClFN7O2. The minimum absolute atomic E-state index is 0.00609. The molecule has 1 atom stereocenters. The summed E-state index contributed by atoms with van der Waals surface area (Å²) < 4.78 is 15.8. The lowest BCUT2D eigenvalue weighted by Gasteiger charge is -2.32. The largest absolute Gasteiger partial charge is 0.339 e. The number of anilines is 1. The van der Waals surface area contributed by atoms with Crippen LogP contribution in [0.5, 0.6) is 0 Å². The maximum Gasteiger partial charge on any atom is 0.245 e. The number of aromatic nitrogens is 4. The van der Waals surface area contributed by atoms with E-state index in [-0.39, 0.29) is 24.4 Å². The maximum absolute atomic E-state index is 13.7. The van der Waals surface area contributed by atoms with Crippen molar-refractivity contribution in [2.75, 3.05) is 44.2 Å². The number of halogens is 2. The smallest absolute Gasteiger partial charge is 0.245 e. The predicted molar refractivity (Wildman–Crippen MR) is 174 cm³/mol. The van der Waals surface area contributed by atoms with Crippen molar-refractivity contribution in [3.8, 4) is 22.4 Å². The van der Waals surface area contributed by atoms with Crippen molar-refractivity contribution >= 4 is 40.0 Å². The first-order valence-corrected chi connectivity index (χ1v) is 16.0. The van der Waals surface area contributed by atoms with Crippen LogP contribution in [0.25, 0.3) is 33.3 Å². The van der Waals surface area contributed by atoms with Gasteiger partial charge in [-0.1, -0.05) is 24.2 Å². The van der Waals surface area contributed by atoms with E-state index >= 15 is 0 Å². The molecule has 0 radical (unpaired) electrons. The third-order valence-electron chi connectivity index (χ3n) is 9.68. The van der Waals surface area contributed by atoms with Gasteiger partial charge in [-0.25, -0.2) is 4.39 Å². The van der Waals surface area contributed by atoms with E-state index in [0.717, 1.165) is 75.1 Å². The normalized spacial score (nSPS) is 19.1. The van der Waals surface area contributed by atoms with Crippen molar-refractivity contribution in [1.29, 1.82) is 0 Å². The zero-order chi connectivity index (χ0) is 31.4. The van der Waals surface area contributed by atoms with Gasteiger partial charge in [0, 0.05) is 66.2 Å². The highest BCUT2D eigenvalue weighted by atomic mass is 35.5. The van der Waals surface area contributed by atoms with Crippen LogP contribution in [0.1, 0.15) is 42.1 Å². The number of rotatable bonds is 6. The van der Waals surface area contributed by atoms with E-state index in [1.54, 1.807) is 0 Å². The van der Waals surface area contributed by atoms with Gasteiger partial charge in [0.2, 0.25) is 11.8 Å². The van der Waals surface area contributed by atoms with Crippen LogP contribution in [-0.4, -0.2) is 87.0 Å². The molecule has 3 aliphatic heterocycles. The Hall–Kier alpha value is -4.02. The van der Waals surface area contributed by atoms with Gasteiger partial charge in [0.15, 0.2) is 0 Å². The molecule has 9 nitrogen and oxygen atoms in total. The van der Waals surface area contributed by atoms with Crippen LogP contribution >= 0.6 is 11.6 Å². The van der Waals surface area contributed by atoms with E-state index in [1.807, 2.05) is 46.0 Å². The second kappa shape index (κ2) is 11.7. The van der Waals surface area contributed by atoms with Crippen molar-refractivity contribution < 1.29 is 14.0 Å². The Bertz CT molecular complexity index is 1820. The molecule has 2 aromatic carbocycles. The number of carbonyl (C=O) groups is 2. The number of amides is 2. The van der Waals surface area contributed by atoms with Crippen LogP contribution in [0.4, 0.5) is 10.1 Å². The van der Waals surface area contributed by atoms with E-state index in [9.17, 15) is 14.0 Å². The van der Waals surface area contributed by atoms with Gasteiger partial charge in [0.25, 0.3) is 0 Å². The molecule has 2 saturated heterocycles. The Morgan fingerprint density at radius 2 is 1.91 bits per heavy atom. The van der Waals surface area contributed by atoms with E-state index in [2.05, 4.69) is 34.4 Å². The minimum Gasteiger partial charge on any atom is -0.339 e. The van der Waals surface area contributed by atoms with Crippen LogP contribution in [-0.2, 0) is 16.0 Å². The number of carbonyl (C=O) groups excluding carboxylic acids is 2. The van der Waals surface area contributed by atoms with Crippen LogP contribution < -0.4 is 4.90 Å². The Labute approximate surface area is 266 Å². The first-order valence-electron chi connectivity index (χ1n) is 15.7. The summed E-state index contributed by atoms with van der Waals surface area (Å²) in [4.78, 5) is 31.1. The number of nitrogens with one attached hydrogen (secondary N) is 1. The number of hydrogen-bond donors (Lipinski definition) is 1. The molecular weight excluding hydrogens is 593 g/mol. The average Bonchev–Trinajstić information content (AvgIpc) is 3.84. The second-order valence-electron chi connectivity index (χ2n) is 12.5. The lowest BCUT2D eigenvalue weighted by molar-refractivity contribution is -0.127. The number of aryl methyl sites for hydroxylation is 1. The van der Waals surface area contributed by atoms with Gasteiger partial charge in [-0.3, -0.25) is 24.3 Å². The van der Waals surface area contributed by atoms with Crippen molar-refractivity contribution in [1.82, 2.24) is 29.8 Å². The zero-order valence-corrected chi connectivity index (χ0v) is 26.4. The number of hydrogen-bond acceptors (Lipinski definition) is 5. The van der Waals surface area contributed by atoms with Gasteiger partial charge in [0.1, 0.15) is 11.9 Å². The summed E-state index contributed by atoms with van der Waals surface area (Å²) in [5.41, 5.74) is 8.47. The van der Waals surface area contributed by atoms with E-state index < -0.39 is 6.17 Å². The number of H-pyrrole nitrogens is 1. The summed E-state index contributed by atoms with van der Waals surface area (Å²) in [7, 11) is 0. The first kappa shape index (κ1) is 29.7. The van der Waals surface area contributed by atoms with Gasteiger partial charge in [0.05, 0.1) is 29.3 Å². The summed E-state index contributed by atoms with van der Waals surface area (Å²) in [5, 5.41) is 14.3. The zero-order valence-electron chi connectivity index (χ0n) is 25.7. The number of likely N-dealkylation sites (tertiary alicyclic amines) is 2. The molecule has 234 valence electrons. The molecule has 2 amide bonds. The molecule has 1 N–H and O–H groups in total. The number of aromatic amines is 1. The number of fused-ring (bicyclic) bond motifs is 2. The molecule has 45 heavy (non-hydrogen) atoms. The Morgan fingerprint density at radius 3 is 2.64 bits per heavy atom. The molecule has 3 aliphatic rings. The highest BCUT2D eigenvalue weighted by molar-refractivity contribution is 6.36. The fourth-order valence-corrected chi connectivity index (χ4v) is 7.55. The molecule has 0 bridgehead atoms. The predicted octanol–water partition coefficient (Wildman–Crippen LogP) is 5.65. The van der Waals surface area contributed by atoms with Crippen LogP contribution in [0.2, 0.25) is 5.02 Å². The topological polar surface area (TPSA) is 90.4 Å². The molecule has 2 aromatic heterocycles. The molecule has 5 heterocycles. The molecule has 0 aliphatic carbocycles. The second-order valence-corrected chi connectivity index (χ2v) is 12.9. The van der Waals surface area contributed by atoms with Crippen LogP contribution in [0.3, 0.4) is 0 Å². The van der Waals surface area contributed by atoms with Crippen molar-refractivity contribution in [3.63, 3.8) is 0 Å². The summed E-state index contributed by atoms with van der Waals surface area (Å²) in [6.07, 6.45) is 5.13. The molecule has 0 spiro atoms. The third-order valence-corrected chi connectivity index (χ3v) is 10.2. The van der Waals surface area contributed by atoms with Crippen molar-refractivity contribution in [3.05, 3.63) is 65.0 Å². The van der Waals surface area contributed by atoms with Crippen LogP contribution in [0.15, 0.2) is 43.1 Å². The summed E-state index contributed by atoms with van der Waals surface area (Å²) in [6.45, 7) is 10.8. The number of piperidine rings is 1. The fourth-order valence-electron chi connectivity index (χ4n) is 7.29. The fraction of sp³-hybridized carbons (Fsp3) is 0.412. The number of nitrogens with zero attached hydrogens (tertiary/aromatic N) is 6. The highest BCUT2D eigenvalue weighted by Gasteiger charge is 2.32. The molecule has 7 rings (SSSR count). The van der Waals surface area contributed by atoms with Crippen LogP contribution in [0, 0.1) is 13.8 Å². The van der Waals surface area contributed by atoms with Crippen molar-refractivity contribution in [2.45, 2.75) is 51.7 Å². The maximum atomic E-state index is 13.7. The van der Waals surface area contributed by atoms with Gasteiger partial charge < -0.3 is 9.80 Å². The Balaban J connectivity index is 1.28. The SMILES string of the molecule is C=CC(=O)N1CCC(n2nc(-c3ccc4c(c3)CCN4C(=O)CN3CC[C@H](F)C3)c(-c3c(Cl)c(C)cc4[nH]ncc34)c2C)CC1. The quantitative estimate of drug-likeness (QED) is 0.279. The number of benzene rings is 2. The Morgan fingerprint density at radius 1 is 1.11 bits per heavy atom. The third kappa shape index (κ3) is 5.23. The molecule has 2 fully saturated rings. The van der Waals surface area contributed by atoms with E-state index in [1.165, 1.54) is 6.08 Å². The lowest BCUT2D eigenvalue weighted by atomic mass is 9.94. The standard InChI is InChI=1S/C34H37ClFN7O2/c1-4-29(44)41-12-9-25(10-13-41)43-21(3)31(32-26-17-37-38-27(26)15-20(2)33(32)35)34(39-43)23-5-6-28-22(16-23)7-14-42(28)30(45)19-40-11-8-24(36)18-40/h4-6,15-17,24-25H,1,7-14,18-19H2,2-3H3,(H,37,38)/t24-/m0/s1. The first-order chi connectivity index (χ1) is 21.7. The summed E-state index contributed by atoms with van der Waals surface area (Å²) in [6, 6.07) is 8.33. The van der Waals surface area contributed by atoms with E-state index in [0.29, 0.717) is 44.2 Å².